The molecule has 0 saturated carbocycles. The second kappa shape index (κ2) is 5.46. The minimum Gasteiger partial charge on any atom is -0.493 e. The van der Waals surface area contributed by atoms with Crippen LogP contribution >= 0.6 is 0 Å². The number of hydrogen-bond donors (Lipinski definition) is 2. The number of nitrogens with one attached hydrogen (secondary N) is 1. The molecule has 1 aromatic carbocycles. The fourth-order valence-corrected chi connectivity index (χ4v) is 1.26. The van der Waals surface area contributed by atoms with Crippen LogP contribution in [0.5, 0.6) is 11.5 Å². The van der Waals surface area contributed by atoms with E-state index in [-0.39, 0.29) is 12.6 Å². The van der Waals surface area contributed by atoms with Crippen LogP contribution in [0.15, 0.2) is 18.2 Å². The molecule has 0 heterocycles. The van der Waals surface area contributed by atoms with Gasteiger partial charge in [-0.1, -0.05) is 0 Å². The zero-order valence-electron chi connectivity index (χ0n) is 9.28. The van der Waals surface area contributed by atoms with Crippen molar-refractivity contribution in [1.82, 2.24) is 0 Å². The number of ether oxygens (including phenoxy) is 2. The van der Waals surface area contributed by atoms with Crippen LogP contribution in [0.1, 0.15) is 6.92 Å². The summed E-state index contributed by atoms with van der Waals surface area (Å²) in [5, 5.41) is 12.0. The van der Waals surface area contributed by atoms with Gasteiger partial charge >= 0.3 is 0 Å². The molecule has 4 heteroatoms. The van der Waals surface area contributed by atoms with Crippen molar-refractivity contribution < 1.29 is 14.6 Å². The number of benzene rings is 1. The molecule has 1 aromatic rings. The lowest BCUT2D eigenvalue weighted by molar-refractivity contribution is 0.281. The summed E-state index contributed by atoms with van der Waals surface area (Å²) in [6.07, 6.45) is 0. The maximum atomic E-state index is 8.90. The van der Waals surface area contributed by atoms with Gasteiger partial charge in [-0.3, -0.25) is 0 Å². The molecule has 0 amide bonds. The number of hydrogen-bond acceptors (Lipinski definition) is 4. The van der Waals surface area contributed by atoms with Crippen LogP contribution in [0.25, 0.3) is 0 Å². The molecule has 0 aliphatic heterocycles. The van der Waals surface area contributed by atoms with Gasteiger partial charge in [0.1, 0.15) is 0 Å². The Hall–Kier alpha value is -1.42. The topological polar surface area (TPSA) is 50.7 Å². The van der Waals surface area contributed by atoms with Crippen molar-refractivity contribution in [3.8, 4) is 11.5 Å². The normalized spacial score (nSPS) is 12.0. The average molecular weight is 211 g/mol. The molecular formula is C11H17NO3. The Morgan fingerprint density at radius 2 is 1.93 bits per heavy atom. The molecule has 4 nitrogen and oxygen atoms in total. The van der Waals surface area contributed by atoms with Crippen molar-refractivity contribution in [3.63, 3.8) is 0 Å². The van der Waals surface area contributed by atoms with E-state index >= 15 is 0 Å². The van der Waals surface area contributed by atoms with E-state index in [0.29, 0.717) is 11.5 Å². The Kier molecular flexibility index (Phi) is 4.24. The third kappa shape index (κ3) is 3.02. The first kappa shape index (κ1) is 11.7. The molecule has 0 aromatic heterocycles. The van der Waals surface area contributed by atoms with E-state index in [9.17, 15) is 0 Å². The quantitative estimate of drug-likeness (QED) is 0.775. The summed E-state index contributed by atoms with van der Waals surface area (Å²) in [5.74, 6) is 1.37. The fourth-order valence-electron chi connectivity index (χ4n) is 1.26. The predicted octanol–water partition coefficient (Wildman–Crippen LogP) is 1.50. The molecule has 84 valence electrons. The highest BCUT2D eigenvalue weighted by Crippen LogP contribution is 2.29. The molecule has 2 N–H and O–H groups in total. The van der Waals surface area contributed by atoms with E-state index in [1.807, 2.05) is 25.1 Å². The first-order valence-corrected chi connectivity index (χ1v) is 4.80. The molecule has 1 rings (SSSR count). The summed E-state index contributed by atoms with van der Waals surface area (Å²) in [4.78, 5) is 0. The van der Waals surface area contributed by atoms with E-state index in [1.165, 1.54) is 0 Å². The van der Waals surface area contributed by atoms with Crippen molar-refractivity contribution >= 4 is 5.69 Å². The van der Waals surface area contributed by atoms with Gasteiger partial charge in [-0.05, 0) is 19.1 Å². The molecule has 0 radical (unpaired) electrons. The molecule has 1 atom stereocenters. The van der Waals surface area contributed by atoms with Gasteiger partial charge in [-0.25, -0.2) is 0 Å². The Balaban J connectivity index is 2.83. The second-order valence-electron chi connectivity index (χ2n) is 3.30. The molecule has 0 bridgehead atoms. The lowest BCUT2D eigenvalue weighted by Gasteiger charge is -2.14. The maximum Gasteiger partial charge on any atom is 0.162 e. The van der Waals surface area contributed by atoms with E-state index < -0.39 is 0 Å². The monoisotopic (exact) mass is 211 g/mol. The van der Waals surface area contributed by atoms with Crippen molar-refractivity contribution in [2.75, 3.05) is 26.1 Å². The van der Waals surface area contributed by atoms with E-state index in [1.54, 1.807) is 14.2 Å². The van der Waals surface area contributed by atoms with Crippen LogP contribution in [0.2, 0.25) is 0 Å². The first-order chi connectivity index (χ1) is 7.21. The summed E-state index contributed by atoms with van der Waals surface area (Å²) in [6, 6.07) is 5.56. The van der Waals surface area contributed by atoms with Gasteiger partial charge in [-0.15, -0.1) is 0 Å². The summed E-state index contributed by atoms with van der Waals surface area (Å²) >= 11 is 0. The van der Waals surface area contributed by atoms with Crippen molar-refractivity contribution in [3.05, 3.63) is 18.2 Å². The van der Waals surface area contributed by atoms with Gasteiger partial charge in [0, 0.05) is 17.8 Å². The summed E-state index contributed by atoms with van der Waals surface area (Å²) in [5.41, 5.74) is 0.897. The molecular weight excluding hydrogens is 194 g/mol. The lowest BCUT2D eigenvalue weighted by Crippen LogP contribution is -2.19. The highest BCUT2D eigenvalue weighted by Gasteiger charge is 2.05. The van der Waals surface area contributed by atoms with Crippen LogP contribution in [-0.2, 0) is 0 Å². The molecule has 0 aliphatic rings. The number of aliphatic hydroxyl groups excluding tert-OH is 1. The summed E-state index contributed by atoms with van der Waals surface area (Å²) < 4.78 is 10.3. The van der Waals surface area contributed by atoms with Gasteiger partial charge in [0.25, 0.3) is 0 Å². The Morgan fingerprint density at radius 3 is 2.47 bits per heavy atom. The number of anilines is 1. The highest BCUT2D eigenvalue weighted by atomic mass is 16.5. The molecule has 15 heavy (non-hydrogen) atoms. The summed E-state index contributed by atoms with van der Waals surface area (Å²) in [7, 11) is 3.19. The van der Waals surface area contributed by atoms with Crippen molar-refractivity contribution in [1.29, 1.82) is 0 Å². The molecule has 0 spiro atoms. The third-order valence-electron chi connectivity index (χ3n) is 2.07. The maximum absolute atomic E-state index is 8.90. The fraction of sp³-hybridized carbons (Fsp3) is 0.455. The third-order valence-corrected chi connectivity index (χ3v) is 2.07. The Labute approximate surface area is 89.8 Å². The molecule has 0 unspecified atom stereocenters. The smallest absolute Gasteiger partial charge is 0.162 e. The van der Waals surface area contributed by atoms with Crippen LogP contribution in [0.4, 0.5) is 5.69 Å². The van der Waals surface area contributed by atoms with Gasteiger partial charge in [0.05, 0.1) is 20.8 Å². The van der Waals surface area contributed by atoms with E-state index in [2.05, 4.69) is 5.32 Å². The zero-order chi connectivity index (χ0) is 11.3. The van der Waals surface area contributed by atoms with E-state index in [0.717, 1.165) is 5.69 Å². The number of methoxy groups -OCH3 is 2. The number of rotatable bonds is 5. The number of aliphatic hydroxyl groups is 1. The minimum atomic E-state index is 0.0168. The van der Waals surface area contributed by atoms with Gasteiger partial charge < -0.3 is 19.9 Å². The largest absolute Gasteiger partial charge is 0.493 e. The van der Waals surface area contributed by atoms with Crippen LogP contribution < -0.4 is 14.8 Å². The Morgan fingerprint density at radius 1 is 1.27 bits per heavy atom. The summed E-state index contributed by atoms with van der Waals surface area (Å²) in [6.45, 7) is 1.99. The first-order valence-electron chi connectivity index (χ1n) is 4.80. The second-order valence-corrected chi connectivity index (χ2v) is 3.30. The van der Waals surface area contributed by atoms with Gasteiger partial charge in [0.15, 0.2) is 11.5 Å². The van der Waals surface area contributed by atoms with Crippen molar-refractivity contribution in [2.24, 2.45) is 0 Å². The lowest BCUT2D eigenvalue weighted by atomic mass is 10.2. The average Bonchev–Trinajstić information content (AvgIpc) is 2.28. The van der Waals surface area contributed by atoms with Gasteiger partial charge in [0.2, 0.25) is 0 Å². The van der Waals surface area contributed by atoms with Crippen LogP contribution in [0.3, 0.4) is 0 Å². The standard InChI is InChI=1S/C11H17NO3/c1-8(7-13)12-9-4-5-10(14-2)11(6-9)15-3/h4-6,8,12-13H,7H2,1-3H3/t8-/m0/s1. The molecule has 0 aliphatic carbocycles. The minimum absolute atomic E-state index is 0.0168. The highest BCUT2D eigenvalue weighted by molar-refractivity contribution is 5.55. The van der Waals surface area contributed by atoms with Crippen molar-refractivity contribution in [2.45, 2.75) is 13.0 Å². The molecule has 0 fully saturated rings. The van der Waals surface area contributed by atoms with Crippen LogP contribution in [0, 0.1) is 0 Å². The predicted molar refractivity (Wildman–Crippen MR) is 59.7 cm³/mol. The van der Waals surface area contributed by atoms with Crippen LogP contribution in [-0.4, -0.2) is 32.0 Å². The SMILES string of the molecule is COc1ccc(N[C@@H](C)CO)cc1OC. The van der Waals surface area contributed by atoms with E-state index in [4.69, 9.17) is 14.6 Å². The Bertz CT molecular complexity index is 315. The molecule has 0 saturated heterocycles. The zero-order valence-corrected chi connectivity index (χ0v) is 9.28. The van der Waals surface area contributed by atoms with Gasteiger partial charge in [-0.2, -0.15) is 0 Å².